The van der Waals surface area contributed by atoms with Gasteiger partial charge in [-0.3, -0.25) is 4.79 Å². The van der Waals surface area contributed by atoms with Crippen LogP contribution in [0.4, 0.5) is 0 Å². The Hall–Kier alpha value is -0.670. The molecule has 0 bridgehead atoms. The van der Waals surface area contributed by atoms with E-state index in [9.17, 15) is 4.79 Å². The number of thiophene rings is 1. The van der Waals surface area contributed by atoms with Gasteiger partial charge >= 0.3 is 0 Å². The summed E-state index contributed by atoms with van der Waals surface area (Å²) in [6.07, 6.45) is 0. The molecule has 1 rings (SSSR count). The number of hydrogen-bond donors (Lipinski definition) is 1. The van der Waals surface area contributed by atoms with E-state index >= 15 is 0 Å². The largest absolute Gasteiger partial charge is 0.306 e. The second-order valence-corrected chi connectivity index (χ2v) is 3.33. The van der Waals surface area contributed by atoms with Crippen molar-refractivity contribution in [1.82, 2.24) is 5.32 Å². The molecule has 0 radical (unpaired) electrons. The normalized spacial score (nSPS) is 12.9. The van der Waals surface area contributed by atoms with Gasteiger partial charge in [-0.2, -0.15) is 0 Å². The molecule has 0 amide bonds. The molecule has 0 aliphatic carbocycles. The van der Waals surface area contributed by atoms with Crippen molar-refractivity contribution in [2.75, 3.05) is 7.05 Å². The Balaban J connectivity index is 2.79. The fourth-order valence-corrected chi connectivity index (χ4v) is 1.89. The van der Waals surface area contributed by atoms with Gasteiger partial charge in [-0.25, -0.2) is 0 Å². The van der Waals surface area contributed by atoms with Crippen molar-refractivity contribution in [2.45, 2.75) is 13.0 Å². The summed E-state index contributed by atoms with van der Waals surface area (Å²) in [7, 11) is 1.80. The lowest BCUT2D eigenvalue weighted by Gasteiger charge is -2.08. The fourth-order valence-electron chi connectivity index (χ4n) is 1.00. The number of hydrogen-bond acceptors (Lipinski definition) is 3. The molecule has 1 N–H and O–H groups in total. The summed E-state index contributed by atoms with van der Waals surface area (Å²) in [5.41, 5.74) is 0. The minimum Gasteiger partial charge on any atom is -0.306 e. The zero-order valence-electron chi connectivity index (χ0n) is 6.63. The van der Waals surface area contributed by atoms with Crippen molar-refractivity contribution in [2.24, 2.45) is 0 Å². The molecule has 1 atom stereocenters. The first kappa shape index (κ1) is 8.43. The van der Waals surface area contributed by atoms with Gasteiger partial charge in [0, 0.05) is 4.88 Å². The number of ketones is 1. The van der Waals surface area contributed by atoms with Gasteiger partial charge in [-0.1, -0.05) is 6.07 Å². The lowest BCUT2D eigenvalue weighted by atomic mass is 10.2. The summed E-state index contributed by atoms with van der Waals surface area (Å²) >= 11 is 1.60. The Bertz CT molecular complexity index is 230. The first-order valence-electron chi connectivity index (χ1n) is 3.47. The SMILES string of the molecule is CNC(C(C)=O)c1cccs1. The molecule has 60 valence electrons. The third-order valence-corrected chi connectivity index (χ3v) is 2.46. The maximum atomic E-state index is 11.0. The van der Waals surface area contributed by atoms with Crippen LogP contribution in [0, 0.1) is 0 Å². The van der Waals surface area contributed by atoms with Gasteiger partial charge in [0.15, 0.2) is 5.78 Å². The Morgan fingerprint density at radius 2 is 2.45 bits per heavy atom. The summed E-state index contributed by atoms with van der Waals surface area (Å²) in [5.74, 6) is 0.162. The van der Waals surface area contributed by atoms with E-state index in [1.807, 2.05) is 17.5 Å². The van der Waals surface area contributed by atoms with Gasteiger partial charge < -0.3 is 5.32 Å². The van der Waals surface area contributed by atoms with Gasteiger partial charge in [0.2, 0.25) is 0 Å². The molecule has 1 aromatic heterocycles. The van der Waals surface area contributed by atoms with Crippen LogP contribution in [-0.4, -0.2) is 12.8 Å². The van der Waals surface area contributed by atoms with E-state index in [2.05, 4.69) is 5.32 Å². The number of Topliss-reactive ketones (excluding diaryl/α,β-unsaturated/α-hetero) is 1. The second kappa shape index (κ2) is 3.64. The van der Waals surface area contributed by atoms with Crippen LogP contribution in [0.5, 0.6) is 0 Å². The predicted octanol–water partition coefficient (Wildman–Crippen LogP) is 1.60. The van der Waals surface area contributed by atoms with Crippen LogP contribution < -0.4 is 5.32 Å². The number of rotatable bonds is 3. The first-order chi connectivity index (χ1) is 5.25. The van der Waals surface area contributed by atoms with E-state index < -0.39 is 0 Å². The number of likely N-dealkylation sites (N-methyl/N-ethyl adjacent to an activating group) is 1. The van der Waals surface area contributed by atoms with Crippen LogP contribution in [-0.2, 0) is 4.79 Å². The average Bonchev–Trinajstić information content (AvgIpc) is 2.40. The third kappa shape index (κ3) is 1.88. The highest BCUT2D eigenvalue weighted by atomic mass is 32.1. The van der Waals surface area contributed by atoms with Crippen LogP contribution in [0.25, 0.3) is 0 Å². The molecule has 1 unspecified atom stereocenters. The molecule has 2 nitrogen and oxygen atoms in total. The number of nitrogens with one attached hydrogen (secondary N) is 1. The lowest BCUT2D eigenvalue weighted by Crippen LogP contribution is -2.22. The Kier molecular flexibility index (Phi) is 2.79. The summed E-state index contributed by atoms with van der Waals surface area (Å²) in [4.78, 5) is 12.1. The topological polar surface area (TPSA) is 29.1 Å². The molecule has 0 fully saturated rings. The Morgan fingerprint density at radius 3 is 2.82 bits per heavy atom. The van der Waals surface area contributed by atoms with E-state index in [0.717, 1.165) is 4.88 Å². The number of carbonyl (C=O) groups excluding carboxylic acids is 1. The van der Waals surface area contributed by atoms with E-state index in [1.54, 1.807) is 25.3 Å². The summed E-state index contributed by atoms with van der Waals surface area (Å²) in [6.45, 7) is 1.60. The second-order valence-electron chi connectivity index (χ2n) is 2.35. The van der Waals surface area contributed by atoms with E-state index in [4.69, 9.17) is 0 Å². The van der Waals surface area contributed by atoms with Crippen molar-refractivity contribution < 1.29 is 4.79 Å². The molecule has 1 aromatic rings. The highest BCUT2D eigenvalue weighted by molar-refractivity contribution is 7.10. The van der Waals surface area contributed by atoms with Gasteiger partial charge in [0.1, 0.15) is 6.04 Å². The summed E-state index contributed by atoms with van der Waals surface area (Å²) in [5, 5.41) is 4.94. The highest BCUT2D eigenvalue weighted by Crippen LogP contribution is 2.18. The molecular weight excluding hydrogens is 158 g/mol. The lowest BCUT2D eigenvalue weighted by molar-refractivity contribution is -0.118. The van der Waals surface area contributed by atoms with Gasteiger partial charge in [-0.15, -0.1) is 11.3 Å². The fraction of sp³-hybridized carbons (Fsp3) is 0.375. The molecule has 0 aliphatic heterocycles. The molecule has 0 aromatic carbocycles. The smallest absolute Gasteiger partial charge is 0.152 e. The Labute approximate surface area is 70.2 Å². The van der Waals surface area contributed by atoms with Gasteiger partial charge in [-0.05, 0) is 25.4 Å². The summed E-state index contributed by atoms with van der Waals surface area (Å²) in [6, 6.07) is 3.80. The van der Waals surface area contributed by atoms with Crippen molar-refractivity contribution in [3.63, 3.8) is 0 Å². The van der Waals surface area contributed by atoms with E-state index in [1.165, 1.54) is 0 Å². The molecule has 0 spiro atoms. The van der Waals surface area contributed by atoms with E-state index in [0.29, 0.717) is 0 Å². The molecular formula is C8H11NOS. The van der Waals surface area contributed by atoms with Gasteiger partial charge in [0.05, 0.1) is 0 Å². The molecule has 0 aliphatic rings. The van der Waals surface area contributed by atoms with Crippen molar-refractivity contribution in [3.05, 3.63) is 22.4 Å². The molecule has 3 heteroatoms. The van der Waals surface area contributed by atoms with Crippen LogP contribution in [0.1, 0.15) is 17.8 Å². The maximum Gasteiger partial charge on any atom is 0.152 e. The van der Waals surface area contributed by atoms with Crippen LogP contribution in [0.3, 0.4) is 0 Å². The quantitative estimate of drug-likeness (QED) is 0.744. The van der Waals surface area contributed by atoms with Crippen LogP contribution in [0.15, 0.2) is 17.5 Å². The average molecular weight is 169 g/mol. The van der Waals surface area contributed by atoms with Gasteiger partial charge in [0.25, 0.3) is 0 Å². The van der Waals surface area contributed by atoms with E-state index in [-0.39, 0.29) is 11.8 Å². The predicted molar refractivity (Wildman–Crippen MR) is 46.8 cm³/mol. The first-order valence-corrected chi connectivity index (χ1v) is 4.34. The molecule has 11 heavy (non-hydrogen) atoms. The molecule has 0 saturated heterocycles. The Morgan fingerprint density at radius 1 is 1.73 bits per heavy atom. The zero-order valence-corrected chi connectivity index (χ0v) is 7.44. The minimum absolute atomic E-state index is 0.116. The highest BCUT2D eigenvalue weighted by Gasteiger charge is 2.13. The van der Waals surface area contributed by atoms with Crippen LogP contribution in [0.2, 0.25) is 0 Å². The third-order valence-electron chi connectivity index (χ3n) is 1.52. The van der Waals surface area contributed by atoms with Crippen LogP contribution >= 0.6 is 11.3 Å². The zero-order chi connectivity index (χ0) is 8.27. The standard InChI is InChI=1S/C8H11NOS/c1-6(10)8(9-2)7-4-3-5-11-7/h3-5,8-9H,1-2H3. The van der Waals surface area contributed by atoms with Crippen molar-refractivity contribution in [3.8, 4) is 0 Å². The monoisotopic (exact) mass is 169 g/mol. The maximum absolute atomic E-state index is 11.0. The van der Waals surface area contributed by atoms with Crippen molar-refractivity contribution in [1.29, 1.82) is 0 Å². The molecule has 1 heterocycles. The van der Waals surface area contributed by atoms with Crippen molar-refractivity contribution >= 4 is 17.1 Å². The summed E-state index contributed by atoms with van der Waals surface area (Å²) < 4.78 is 0. The molecule has 0 saturated carbocycles. The number of carbonyl (C=O) groups is 1. The minimum atomic E-state index is -0.116.